The lowest BCUT2D eigenvalue weighted by atomic mass is 10.1. The number of rotatable bonds is 4. The van der Waals surface area contributed by atoms with Gasteiger partial charge in [0.2, 0.25) is 0 Å². The number of benzene rings is 2. The number of aromatic nitrogens is 2. The molecular formula is C17H15FN2O. The third-order valence-electron chi connectivity index (χ3n) is 3.29. The Hall–Kier alpha value is -2.62. The molecule has 4 heteroatoms. The van der Waals surface area contributed by atoms with Crippen molar-refractivity contribution in [3.63, 3.8) is 0 Å². The van der Waals surface area contributed by atoms with Gasteiger partial charge in [0.15, 0.2) is 0 Å². The lowest BCUT2D eigenvalue weighted by Crippen LogP contribution is -2.00. The fourth-order valence-corrected chi connectivity index (χ4v) is 2.18. The van der Waals surface area contributed by atoms with Gasteiger partial charge in [-0.05, 0) is 35.9 Å². The van der Waals surface area contributed by atoms with Gasteiger partial charge in [-0.3, -0.25) is 4.68 Å². The van der Waals surface area contributed by atoms with E-state index in [4.69, 9.17) is 4.74 Å². The largest absolute Gasteiger partial charge is 0.497 e. The molecule has 0 spiro atoms. The quantitative estimate of drug-likeness (QED) is 0.728. The van der Waals surface area contributed by atoms with Gasteiger partial charge in [-0.25, -0.2) is 4.39 Å². The van der Waals surface area contributed by atoms with Gasteiger partial charge in [0.05, 0.1) is 19.3 Å². The fourth-order valence-electron chi connectivity index (χ4n) is 2.18. The van der Waals surface area contributed by atoms with Gasteiger partial charge in [-0.1, -0.05) is 24.3 Å². The Labute approximate surface area is 122 Å². The average Bonchev–Trinajstić information content (AvgIpc) is 2.97. The van der Waals surface area contributed by atoms with E-state index in [1.165, 1.54) is 6.07 Å². The maximum atomic E-state index is 13.7. The van der Waals surface area contributed by atoms with E-state index >= 15 is 0 Å². The monoisotopic (exact) mass is 282 g/mol. The number of ether oxygens (including phenoxy) is 1. The molecule has 3 aromatic rings. The van der Waals surface area contributed by atoms with Crippen LogP contribution in [0.3, 0.4) is 0 Å². The van der Waals surface area contributed by atoms with Crippen LogP contribution in [0, 0.1) is 5.82 Å². The fraction of sp³-hybridized carbons (Fsp3) is 0.118. The highest BCUT2D eigenvalue weighted by Gasteiger charge is 2.07. The smallest absolute Gasteiger partial charge is 0.132 e. The molecular weight excluding hydrogens is 267 g/mol. The van der Waals surface area contributed by atoms with Crippen LogP contribution in [0.25, 0.3) is 11.3 Å². The summed E-state index contributed by atoms with van der Waals surface area (Å²) in [6.07, 6.45) is 1.85. The van der Waals surface area contributed by atoms with Gasteiger partial charge < -0.3 is 4.74 Å². The molecule has 1 aromatic heterocycles. The minimum absolute atomic E-state index is 0.257. The summed E-state index contributed by atoms with van der Waals surface area (Å²) in [6.45, 7) is 0.637. The Bertz CT molecular complexity index is 735. The molecule has 0 N–H and O–H groups in total. The van der Waals surface area contributed by atoms with Crippen LogP contribution in [0.1, 0.15) is 5.56 Å². The summed E-state index contributed by atoms with van der Waals surface area (Å²) in [5.41, 5.74) is 2.27. The maximum Gasteiger partial charge on any atom is 0.132 e. The van der Waals surface area contributed by atoms with Crippen molar-refractivity contribution in [2.75, 3.05) is 7.11 Å². The molecule has 0 fully saturated rings. The van der Waals surface area contributed by atoms with Crippen molar-refractivity contribution in [1.82, 2.24) is 9.78 Å². The zero-order chi connectivity index (χ0) is 14.7. The first-order valence-electron chi connectivity index (χ1n) is 6.67. The molecule has 2 aromatic carbocycles. The van der Waals surface area contributed by atoms with Crippen LogP contribution in [-0.4, -0.2) is 16.9 Å². The van der Waals surface area contributed by atoms with Crippen molar-refractivity contribution in [1.29, 1.82) is 0 Å². The normalized spacial score (nSPS) is 10.6. The molecule has 21 heavy (non-hydrogen) atoms. The predicted molar refractivity (Wildman–Crippen MR) is 79.7 cm³/mol. The maximum absolute atomic E-state index is 13.7. The summed E-state index contributed by atoms with van der Waals surface area (Å²) >= 11 is 0. The molecule has 0 bridgehead atoms. The lowest BCUT2D eigenvalue weighted by Gasteiger charge is -2.04. The van der Waals surface area contributed by atoms with Crippen LogP contribution in [0.2, 0.25) is 0 Å². The van der Waals surface area contributed by atoms with Gasteiger partial charge in [0.1, 0.15) is 11.6 Å². The standard InChI is InChI=1S/C17H15FN2O/c1-21-14-8-6-13(7-9-14)12-20-11-10-17(19-20)15-4-2-3-5-16(15)18/h2-11H,12H2,1H3. The zero-order valence-electron chi connectivity index (χ0n) is 11.7. The first-order valence-corrected chi connectivity index (χ1v) is 6.67. The number of hydrogen-bond donors (Lipinski definition) is 0. The summed E-state index contributed by atoms with van der Waals surface area (Å²) < 4.78 is 20.7. The Kier molecular flexibility index (Phi) is 3.69. The Morgan fingerprint density at radius 2 is 1.81 bits per heavy atom. The van der Waals surface area contributed by atoms with Crippen molar-refractivity contribution in [2.24, 2.45) is 0 Å². The number of methoxy groups -OCH3 is 1. The van der Waals surface area contributed by atoms with Crippen LogP contribution in [0.4, 0.5) is 4.39 Å². The highest BCUT2D eigenvalue weighted by molar-refractivity contribution is 5.59. The minimum Gasteiger partial charge on any atom is -0.497 e. The van der Waals surface area contributed by atoms with Crippen LogP contribution in [0.5, 0.6) is 5.75 Å². The second kappa shape index (κ2) is 5.79. The van der Waals surface area contributed by atoms with Gasteiger partial charge in [0.25, 0.3) is 0 Å². The summed E-state index contributed by atoms with van der Waals surface area (Å²) in [4.78, 5) is 0. The Morgan fingerprint density at radius 1 is 1.05 bits per heavy atom. The van der Waals surface area contributed by atoms with Gasteiger partial charge in [-0.15, -0.1) is 0 Å². The summed E-state index contributed by atoms with van der Waals surface area (Å²) in [5.74, 6) is 0.568. The molecule has 0 atom stereocenters. The molecule has 0 amide bonds. The van der Waals surface area contributed by atoms with Gasteiger partial charge in [-0.2, -0.15) is 5.10 Å². The minimum atomic E-state index is -0.257. The van der Waals surface area contributed by atoms with E-state index in [9.17, 15) is 4.39 Å². The first kappa shape index (κ1) is 13.4. The molecule has 1 heterocycles. The molecule has 0 saturated heterocycles. The van der Waals surface area contributed by atoms with Crippen LogP contribution in [-0.2, 0) is 6.54 Å². The van der Waals surface area contributed by atoms with Crippen molar-refractivity contribution in [3.8, 4) is 17.0 Å². The van der Waals surface area contributed by atoms with E-state index in [0.29, 0.717) is 17.8 Å². The SMILES string of the molecule is COc1ccc(Cn2ccc(-c3ccccc3F)n2)cc1. The van der Waals surface area contributed by atoms with E-state index in [1.54, 1.807) is 30.0 Å². The van der Waals surface area contributed by atoms with E-state index < -0.39 is 0 Å². The number of nitrogens with zero attached hydrogens (tertiary/aromatic N) is 2. The van der Waals surface area contributed by atoms with E-state index in [0.717, 1.165) is 11.3 Å². The predicted octanol–water partition coefficient (Wildman–Crippen LogP) is 3.75. The highest BCUT2D eigenvalue weighted by Crippen LogP contribution is 2.20. The first-order chi connectivity index (χ1) is 10.3. The molecule has 106 valence electrons. The van der Waals surface area contributed by atoms with Crippen molar-refractivity contribution >= 4 is 0 Å². The highest BCUT2D eigenvalue weighted by atomic mass is 19.1. The third kappa shape index (κ3) is 2.94. The van der Waals surface area contributed by atoms with Crippen molar-refractivity contribution in [3.05, 3.63) is 72.2 Å². The van der Waals surface area contributed by atoms with Gasteiger partial charge in [0, 0.05) is 11.8 Å². The topological polar surface area (TPSA) is 27.1 Å². The molecule has 0 unspecified atom stereocenters. The molecule has 0 aliphatic rings. The summed E-state index contributed by atoms with van der Waals surface area (Å²) in [7, 11) is 1.64. The van der Waals surface area contributed by atoms with E-state index in [1.807, 2.05) is 36.5 Å². The number of hydrogen-bond acceptors (Lipinski definition) is 2. The second-order valence-corrected chi connectivity index (χ2v) is 4.73. The third-order valence-corrected chi connectivity index (χ3v) is 3.29. The van der Waals surface area contributed by atoms with Crippen molar-refractivity contribution in [2.45, 2.75) is 6.54 Å². The second-order valence-electron chi connectivity index (χ2n) is 4.73. The van der Waals surface area contributed by atoms with Crippen molar-refractivity contribution < 1.29 is 9.13 Å². The molecule has 0 aliphatic heterocycles. The summed E-state index contributed by atoms with van der Waals surface area (Å²) in [5, 5.41) is 4.42. The Balaban J connectivity index is 1.80. The molecule has 3 rings (SSSR count). The van der Waals surface area contributed by atoms with Crippen LogP contribution < -0.4 is 4.74 Å². The average molecular weight is 282 g/mol. The molecule has 3 nitrogen and oxygen atoms in total. The Morgan fingerprint density at radius 3 is 2.52 bits per heavy atom. The zero-order valence-corrected chi connectivity index (χ0v) is 11.7. The number of halogens is 1. The van der Waals surface area contributed by atoms with Crippen LogP contribution >= 0.6 is 0 Å². The van der Waals surface area contributed by atoms with Crippen LogP contribution in [0.15, 0.2) is 60.8 Å². The van der Waals surface area contributed by atoms with Gasteiger partial charge >= 0.3 is 0 Å². The molecule has 0 saturated carbocycles. The molecule has 0 radical (unpaired) electrons. The summed E-state index contributed by atoms with van der Waals surface area (Å²) in [6, 6.07) is 16.3. The van der Waals surface area contributed by atoms with E-state index in [-0.39, 0.29) is 5.82 Å². The molecule has 0 aliphatic carbocycles. The lowest BCUT2D eigenvalue weighted by molar-refractivity contribution is 0.414. The van der Waals surface area contributed by atoms with E-state index in [2.05, 4.69) is 5.10 Å².